The van der Waals surface area contributed by atoms with Gasteiger partial charge < -0.3 is 0 Å². The number of unbranched alkanes of at least 4 members (excludes halogenated alkanes) is 3. The van der Waals surface area contributed by atoms with E-state index in [1.165, 1.54) is 44.9 Å². The molecule has 85 valence electrons. The van der Waals surface area contributed by atoms with E-state index in [-0.39, 0.29) is 0 Å². The SMILES string of the molecule is CCC[CH]CC(Br)CCCCC(C)Br. The van der Waals surface area contributed by atoms with Gasteiger partial charge in [-0.05, 0) is 25.7 Å². The van der Waals surface area contributed by atoms with Crippen LogP contribution in [0.25, 0.3) is 0 Å². The fourth-order valence-electron chi connectivity index (χ4n) is 1.41. The largest absolute Gasteiger partial charge is 0.0894 e. The van der Waals surface area contributed by atoms with Crippen LogP contribution in [0.1, 0.15) is 58.8 Å². The van der Waals surface area contributed by atoms with Crippen molar-refractivity contribution in [1.82, 2.24) is 0 Å². The number of alkyl halides is 2. The lowest BCUT2D eigenvalue weighted by Crippen LogP contribution is -1.99. The molecule has 0 bridgehead atoms. The van der Waals surface area contributed by atoms with Crippen molar-refractivity contribution in [2.75, 3.05) is 0 Å². The van der Waals surface area contributed by atoms with E-state index in [4.69, 9.17) is 0 Å². The molecule has 0 aliphatic carbocycles. The molecule has 0 nitrogen and oxygen atoms in total. The highest BCUT2D eigenvalue weighted by molar-refractivity contribution is 9.09. The standard InChI is InChI=1S/C12H23Br2/c1-3-4-5-9-12(14)10-7-6-8-11(2)13/h5,11-12H,3-4,6-10H2,1-2H3. The summed E-state index contributed by atoms with van der Waals surface area (Å²) in [6.45, 7) is 4.46. The Morgan fingerprint density at radius 2 is 1.79 bits per heavy atom. The minimum absolute atomic E-state index is 0.683. The number of halogens is 2. The molecule has 14 heavy (non-hydrogen) atoms. The molecule has 1 radical (unpaired) electrons. The second kappa shape index (κ2) is 10.5. The highest BCUT2D eigenvalue weighted by Crippen LogP contribution is 2.18. The maximum absolute atomic E-state index is 3.73. The Morgan fingerprint density at radius 3 is 2.36 bits per heavy atom. The van der Waals surface area contributed by atoms with E-state index >= 15 is 0 Å². The fourth-order valence-corrected chi connectivity index (χ4v) is 2.32. The molecule has 2 unspecified atom stereocenters. The lowest BCUT2D eigenvalue weighted by molar-refractivity contribution is 0.620. The molecule has 0 aromatic carbocycles. The van der Waals surface area contributed by atoms with E-state index in [1.807, 2.05) is 0 Å². The van der Waals surface area contributed by atoms with E-state index < -0.39 is 0 Å². The van der Waals surface area contributed by atoms with Crippen LogP contribution in [0, 0.1) is 6.42 Å². The van der Waals surface area contributed by atoms with Gasteiger partial charge in [-0.25, -0.2) is 0 Å². The summed E-state index contributed by atoms with van der Waals surface area (Å²) in [5.41, 5.74) is 0. The average Bonchev–Trinajstić information content (AvgIpc) is 2.13. The molecular weight excluding hydrogens is 304 g/mol. The summed E-state index contributed by atoms with van der Waals surface area (Å²) in [6, 6.07) is 0. The first-order chi connectivity index (χ1) is 6.66. The van der Waals surface area contributed by atoms with E-state index in [1.54, 1.807) is 0 Å². The normalized spacial score (nSPS) is 15.4. The number of rotatable bonds is 9. The lowest BCUT2D eigenvalue weighted by Gasteiger charge is -2.09. The van der Waals surface area contributed by atoms with Crippen molar-refractivity contribution >= 4 is 31.9 Å². The summed E-state index contributed by atoms with van der Waals surface area (Å²) in [4.78, 5) is 1.39. The molecule has 0 aliphatic rings. The molecule has 0 aromatic heterocycles. The van der Waals surface area contributed by atoms with Gasteiger partial charge in [-0.3, -0.25) is 0 Å². The third-order valence-electron chi connectivity index (χ3n) is 2.28. The maximum atomic E-state index is 3.73. The van der Waals surface area contributed by atoms with Crippen LogP contribution >= 0.6 is 31.9 Å². The molecule has 0 rings (SSSR count). The smallest absolute Gasteiger partial charge is 0.0148 e. The van der Waals surface area contributed by atoms with Crippen LogP contribution in [0.5, 0.6) is 0 Å². The molecule has 0 N–H and O–H groups in total. The van der Waals surface area contributed by atoms with E-state index in [2.05, 4.69) is 52.1 Å². The van der Waals surface area contributed by atoms with Crippen LogP contribution in [-0.4, -0.2) is 9.65 Å². The van der Waals surface area contributed by atoms with Crippen molar-refractivity contribution in [1.29, 1.82) is 0 Å². The highest BCUT2D eigenvalue weighted by Gasteiger charge is 2.04. The molecule has 0 fully saturated rings. The Balaban J connectivity index is 3.14. The van der Waals surface area contributed by atoms with Crippen LogP contribution in [0.15, 0.2) is 0 Å². The molecule has 0 heterocycles. The predicted octanol–water partition coefficient (Wildman–Crippen LogP) is 5.49. The molecule has 0 saturated carbocycles. The van der Waals surface area contributed by atoms with Gasteiger partial charge in [0.05, 0.1) is 0 Å². The highest BCUT2D eigenvalue weighted by atomic mass is 79.9. The van der Waals surface area contributed by atoms with Crippen LogP contribution in [0.3, 0.4) is 0 Å². The summed E-state index contributed by atoms with van der Waals surface area (Å²) in [5, 5.41) is 0. The van der Waals surface area contributed by atoms with Gasteiger partial charge in [0.25, 0.3) is 0 Å². The van der Waals surface area contributed by atoms with Crippen LogP contribution in [-0.2, 0) is 0 Å². The Bertz CT molecular complexity index is 113. The topological polar surface area (TPSA) is 0 Å². The van der Waals surface area contributed by atoms with Gasteiger partial charge in [-0.1, -0.05) is 71.4 Å². The lowest BCUT2D eigenvalue weighted by atomic mass is 10.1. The first-order valence-electron chi connectivity index (χ1n) is 5.76. The summed E-state index contributed by atoms with van der Waals surface area (Å²) in [5.74, 6) is 0. The summed E-state index contributed by atoms with van der Waals surface area (Å²) in [6.07, 6.45) is 11.5. The summed E-state index contributed by atoms with van der Waals surface area (Å²) >= 11 is 7.31. The Morgan fingerprint density at radius 1 is 1.14 bits per heavy atom. The number of hydrogen-bond donors (Lipinski definition) is 0. The van der Waals surface area contributed by atoms with Gasteiger partial charge in [-0.2, -0.15) is 0 Å². The third-order valence-corrected chi connectivity index (χ3v) is 3.57. The molecule has 0 aliphatic heterocycles. The van der Waals surface area contributed by atoms with Crippen molar-refractivity contribution in [3.8, 4) is 0 Å². The minimum atomic E-state index is 0.683. The van der Waals surface area contributed by atoms with Crippen LogP contribution in [0.4, 0.5) is 0 Å². The zero-order valence-corrected chi connectivity index (χ0v) is 12.6. The second-order valence-electron chi connectivity index (χ2n) is 3.98. The molecule has 0 amide bonds. The van der Waals surface area contributed by atoms with E-state index in [9.17, 15) is 0 Å². The third kappa shape index (κ3) is 11.0. The Hall–Kier alpha value is 0.960. The zero-order valence-electron chi connectivity index (χ0n) is 9.44. The van der Waals surface area contributed by atoms with E-state index in [0.717, 1.165) is 0 Å². The molecule has 2 heteroatoms. The summed E-state index contributed by atoms with van der Waals surface area (Å²) in [7, 11) is 0. The van der Waals surface area contributed by atoms with Crippen molar-refractivity contribution < 1.29 is 0 Å². The maximum Gasteiger partial charge on any atom is 0.0148 e. The minimum Gasteiger partial charge on any atom is -0.0894 e. The van der Waals surface area contributed by atoms with Gasteiger partial charge in [0.2, 0.25) is 0 Å². The molecular formula is C12H23Br2. The second-order valence-corrected chi connectivity index (χ2v) is 6.83. The van der Waals surface area contributed by atoms with Gasteiger partial charge in [0.15, 0.2) is 0 Å². The zero-order chi connectivity index (χ0) is 10.8. The quantitative estimate of drug-likeness (QED) is 0.388. The Kier molecular flexibility index (Phi) is 11.2. The first-order valence-corrected chi connectivity index (χ1v) is 7.59. The Labute approximate surface area is 106 Å². The average molecular weight is 327 g/mol. The summed E-state index contributed by atoms with van der Waals surface area (Å²) < 4.78 is 0. The van der Waals surface area contributed by atoms with Gasteiger partial charge in [-0.15, -0.1) is 0 Å². The molecule has 2 atom stereocenters. The van der Waals surface area contributed by atoms with Crippen molar-refractivity contribution in [3.05, 3.63) is 6.42 Å². The molecule has 0 saturated heterocycles. The van der Waals surface area contributed by atoms with Crippen molar-refractivity contribution in [3.63, 3.8) is 0 Å². The van der Waals surface area contributed by atoms with Crippen molar-refractivity contribution in [2.45, 2.75) is 68.4 Å². The van der Waals surface area contributed by atoms with Gasteiger partial charge in [0, 0.05) is 9.65 Å². The first kappa shape index (κ1) is 15.0. The van der Waals surface area contributed by atoms with Gasteiger partial charge in [0.1, 0.15) is 0 Å². The van der Waals surface area contributed by atoms with Crippen LogP contribution < -0.4 is 0 Å². The molecule has 0 aromatic rings. The van der Waals surface area contributed by atoms with Crippen LogP contribution in [0.2, 0.25) is 0 Å². The monoisotopic (exact) mass is 325 g/mol. The predicted molar refractivity (Wildman–Crippen MR) is 73.4 cm³/mol. The number of hydrogen-bond acceptors (Lipinski definition) is 0. The van der Waals surface area contributed by atoms with Gasteiger partial charge >= 0.3 is 0 Å². The molecule has 0 spiro atoms. The van der Waals surface area contributed by atoms with Crippen molar-refractivity contribution in [2.24, 2.45) is 0 Å². The van der Waals surface area contributed by atoms with E-state index in [0.29, 0.717) is 9.65 Å². The fraction of sp³-hybridized carbons (Fsp3) is 0.917.